The first-order chi connectivity index (χ1) is 13.7. The molecule has 3 saturated heterocycles. The molecule has 3 heteroatoms. The van der Waals surface area contributed by atoms with E-state index >= 15 is 0 Å². The minimum absolute atomic E-state index is 0.290. The highest BCUT2D eigenvalue weighted by Gasteiger charge is 2.48. The Hall–Kier alpha value is -2.13. The van der Waals surface area contributed by atoms with Gasteiger partial charge in [0.1, 0.15) is 0 Å². The minimum Gasteiger partial charge on any atom is -0.339 e. The maximum atomic E-state index is 12.9. The molecule has 0 radical (unpaired) electrons. The number of nitrogens with zero attached hydrogens (tertiary/aromatic N) is 1. The number of nitrogens with one attached hydrogen (secondary N) is 1. The van der Waals surface area contributed by atoms with E-state index in [1.54, 1.807) is 0 Å². The normalized spacial score (nSPS) is 27.3. The first kappa shape index (κ1) is 17.9. The third-order valence-electron chi connectivity index (χ3n) is 7.04. The van der Waals surface area contributed by atoms with Gasteiger partial charge in [0.05, 0.1) is 0 Å². The number of benzene rings is 2. The van der Waals surface area contributed by atoms with Gasteiger partial charge in [0, 0.05) is 37.0 Å². The Morgan fingerprint density at radius 3 is 2.32 bits per heavy atom. The number of rotatable bonds is 3. The van der Waals surface area contributed by atoms with E-state index in [9.17, 15) is 4.79 Å². The van der Waals surface area contributed by atoms with Crippen LogP contribution in [-0.4, -0.2) is 36.0 Å². The van der Waals surface area contributed by atoms with E-state index in [1.165, 1.54) is 41.5 Å². The Morgan fingerprint density at radius 2 is 1.64 bits per heavy atom. The number of aryl methyl sites for hydroxylation is 1. The fourth-order valence-corrected chi connectivity index (χ4v) is 5.50. The van der Waals surface area contributed by atoms with Crippen molar-refractivity contribution in [2.75, 3.05) is 13.1 Å². The zero-order chi connectivity index (χ0) is 19.1. The molecule has 2 aromatic rings. The highest BCUT2D eigenvalue weighted by atomic mass is 16.2. The second kappa shape index (κ2) is 7.36. The van der Waals surface area contributed by atoms with E-state index in [-0.39, 0.29) is 0 Å². The molecular formula is C25H30N2O. The number of fused-ring (bicyclic) bond motifs is 2. The van der Waals surface area contributed by atoms with Crippen molar-refractivity contribution < 1.29 is 4.79 Å². The number of piperidine rings is 1. The van der Waals surface area contributed by atoms with Crippen molar-refractivity contribution in [2.45, 2.75) is 57.0 Å². The van der Waals surface area contributed by atoms with Crippen molar-refractivity contribution in [2.24, 2.45) is 5.92 Å². The molecule has 3 nitrogen and oxygen atoms in total. The Bertz CT molecular complexity index is 841. The number of carbonyl (C=O) groups is 1. The van der Waals surface area contributed by atoms with E-state index in [0.717, 1.165) is 25.9 Å². The van der Waals surface area contributed by atoms with Crippen LogP contribution in [0.25, 0.3) is 11.1 Å². The van der Waals surface area contributed by atoms with Crippen LogP contribution >= 0.6 is 0 Å². The van der Waals surface area contributed by atoms with Crippen LogP contribution in [0, 0.1) is 12.8 Å². The lowest BCUT2D eigenvalue weighted by Gasteiger charge is -2.55. The molecule has 4 fully saturated rings. The fourth-order valence-electron chi connectivity index (χ4n) is 5.50. The van der Waals surface area contributed by atoms with Gasteiger partial charge in [-0.2, -0.15) is 0 Å². The van der Waals surface area contributed by atoms with Gasteiger partial charge in [-0.3, -0.25) is 4.79 Å². The van der Waals surface area contributed by atoms with Crippen LogP contribution in [0.5, 0.6) is 0 Å². The second-order valence-corrected chi connectivity index (χ2v) is 8.98. The Morgan fingerprint density at radius 1 is 0.929 bits per heavy atom. The molecule has 28 heavy (non-hydrogen) atoms. The molecule has 6 rings (SSSR count). The highest BCUT2D eigenvalue weighted by molar-refractivity contribution is 5.79. The predicted octanol–water partition coefficient (Wildman–Crippen LogP) is 4.51. The summed E-state index contributed by atoms with van der Waals surface area (Å²) in [5.74, 6) is 1.25. The van der Waals surface area contributed by atoms with Gasteiger partial charge in [0.15, 0.2) is 0 Å². The number of hydrogen-bond acceptors (Lipinski definition) is 2. The van der Waals surface area contributed by atoms with Gasteiger partial charge < -0.3 is 10.2 Å². The van der Waals surface area contributed by atoms with Gasteiger partial charge in [-0.15, -0.1) is 0 Å². The average molecular weight is 375 g/mol. The van der Waals surface area contributed by atoms with Crippen LogP contribution in [-0.2, 0) is 4.79 Å². The van der Waals surface area contributed by atoms with Crippen LogP contribution < -0.4 is 5.32 Å². The first-order valence-corrected chi connectivity index (χ1v) is 10.9. The van der Waals surface area contributed by atoms with Gasteiger partial charge in [0.2, 0.25) is 5.91 Å². The molecule has 3 heterocycles. The standard InChI is InChI=1S/C25H30N2O/c1-17-6-5-9-21(14-17)18-10-12-19(13-11-18)24-22-15-27(16-23(24)26-22)25(28)20-7-3-2-4-8-20/h5-6,9-14,20,22-24,26H,2-4,7-8,15-16H2,1H3/t22-,23+,24?. The lowest BCUT2D eigenvalue weighted by molar-refractivity contribution is -0.141. The van der Waals surface area contributed by atoms with Gasteiger partial charge in [0.25, 0.3) is 0 Å². The van der Waals surface area contributed by atoms with E-state index in [4.69, 9.17) is 0 Å². The first-order valence-electron chi connectivity index (χ1n) is 10.9. The smallest absolute Gasteiger partial charge is 0.225 e. The van der Waals surface area contributed by atoms with Crippen molar-refractivity contribution in [1.82, 2.24) is 10.2 Å². The molecule has 1 saturated carbocycles. The molecule has 0 aromatic heterocycles. The minimum atomic E-state index is 0.290. The summed E-state index contributed by atoms with van der Waals surface area (Å²) < 4.78 is 0. The van der Waals surface area contributed by atoms with Crippen LogP contribution in [0.2, 0.25) is 0 Å². The molecule has 2 aromatic carbocycles. The molecule has 1 aliphatic carbocycles. The molecular weight excluding hydrogens is 344 g/mol. The van der Waals surface area contributed by atoms with Crippen molar-refractivity contribution in [3.63, 3.8) is 0 Å². The summed E-state index contributed by atoms with van der Waals surface area (Å²) in [7, 11) is 0. The SMILES string of the molecule is Cc1cccc(-c2ccc(C3[C@@H]4CN(C(=O)C5CCCCC5)C[C@H]3N4)cc2)c1. The number of amides is 1. The molecule has 1 N–H and O–H groups in total. The van der Waals surface area contributed by atoms with Crippen molar-refractivity contribution in [1.29, 1.82) is 0 Å². The number of piperazine rings is 1. The molecule has 3 aliphatic heterocycles. The largest absolute Gasteiger partial charge is 0.339 e. The molecule has 4 aliphatic rings. The van der Waals surface area contributed by atoms with Crippen LogP contribution in [0.3, 0.4) is 0 Å². The van der Waals surface area contributed by atoms with Crippen LogP contribution in [0.1, 0.15) is 49.1 Å². The van der Waals surface area contributed by atoms with E-state index in [1.807, 2.05) is 0 Å². The monoisotopic (exact) mass is 374 g/mol. The van der Waals surface area contributed by atoms with Gasteiger partial charge >= 0.3 is 0 Å². The van der Waals surface area contributed by atoms with E-state index in [2.05, 4.69) is 65.7 Å². The van der Waals surface area contributed by atoms with Crippen LogP contribution in [0.4, 0.5) is 0 Å². The lowest BCUT2D eigenvalue weighted by Crippen LogP contribution is -2.72. The Kier molecular flexibility index (Phi) is 4.72. The molecule has 0 spiro atoms. The lowest BCUT2D eigenvalue weighted by atomic mass is 9.73. The van der Waals surface area contributed by atoms with E-state index in [0.29, 0.717) is 29.8 Å². The van der Waals surface area contributed by atoms with Gasteiger partial charge in [-0.25, -0.2) is 0 Å². The quantitative estimate of drug-likeness (QED) is 0.857. The molecule has 146 valence electrons. The van der Waals surface area contributed by atoms with Gasteiger partial charge in [-0.05, 0) is 36.5 Å². The second-order valence-electron chi connectivity index (χ2n) is 8.98. The van der Waals surface area contributed by atoms with Crippen molar-refractivity contribution in [3.8, 4) is 11.1 Å². The Balaban J connectivity index is 1.26. The third kappa shape index (κ3) is 3.26. The van der Waals surface area contributed by atoms with Gasteiger partial charge in [-0.1, -0.05) is 73.4 Å². The summed E-state index contributed by atoms with van der Waals surface area (Å²) in [5, 5.41) is 3.68. The molecule has 1 amide bonds. The summed E-state index contributed by atoms with van der Waals surface area (Å²) in [5.41, 5.74) is 5.26. The van der Waals surface area contributed by atoms with Crippen molar-refractivity contribution in [3.05, 3.63) is 59.7 Å². The van der Waals surface area contributed by atoms with E-state index < -0.39 is 0 Å². The van der Waals surface area contributed by atoms with Crippen LogP contribution in [0.15, 0.2) is 48.5 Å². The molecule has 3 atom stereocenters. The zero-order valence-electron chi connectivity index (χ0n) is 16.7. The summed E-state index contributed by atoms with van der Waals surface area (Å²) in [6.07, 6.45) is 5.96. The zero-order valence-corrected chi connectivity index (χ0v) is 16.7. The molecule has 1 unspecified atom stereocenters. The summed E-state index contributed by atoms with van der Waals surface area (Å²) in [6, 6.07) is 18.6. The maximum Gasteiger partial charge on any atom is 0.225 e. The highest BCUT2D eigenvalue weighted by Crippen LogP contribution is 2.38. The molecule has 2 bridgehead atoms. The summed E-state index contributed by atoms with van der Waals surface area (Å²) in [4.78, 5) is 15.0. The summed E-state index contributed by atoms with van der Waals surface area (Å²) in [6.45, 7) is 3.88. The average Bonchev–Trinajstić information content (AvgIpc) is 2.74. The predicted molar refractivity (Wildman–Crippen MR) is 113 cm³/mol. The Labute approximate surface area is 168 Å². The number of hydrogen-bond donors (Lipinski definition) is 1. The summed E-state index contributed by atoms with van der Waals surface area (Å²) >= 11 is 0. The topological polar surface area (TPSA) is 32.3 Å². The fraction of sp³-hybridized carbons (Fsp3) is 0.480. The van der Waals surface area contributed by atoms with Crippen molar-refractivity contribution >= 4 is 5.91 Å². The number of carbonyl (C=O) groups excluding carboxylic acids is 1. The third-order valence-corrected chi connectivity index (χ3v) is 7.04. The maximum absolute atomic E-state index is 12.9.